The molecule has 1 unspecified atom stereocenters. The fraction of sp³-hybridized carbons (Fsp3) is 0.467. The van der Waals surface area contributed by atoms with Crippen molar-refractivity contribution in [3.05, 3.63) is 70.7 Å². The Balaban J connectivity index is 1.40. The standard InChI is InChI=1S/C30H35F3N2O5/c1-40-21-4-5-25-22(15-21)28(20(18-36)17-34-25)26(37)6-7-30(16-27(38)39)8-11-35(12-9-30)10-2-3-19-13-23(31)29(33)24(32)14-19/h4-5,13-15,17,26,36-37H,2-3,6-12,16,18H2,1H3,(H,38,39). The number of carbonyl (C=O) groups is 1. The van der Waals surface area contributed by atoms with Crippen LogP contribution in [0.4, 0.5) is 13.2 Å². The van der Waals surface area contributed by atoms with Gasteiger partial charge in [-0.15, -0.1) is 0 Å². The van der Waals surface area contributed by atoms with Crippen molar-refractivity contribution in [3.63, 3.8) is 0 Å². The van der Waals surface area contributed by atoms with E-state index in [0.717, 1.165) is 12.1 Å². The number of aromatic nitrogens is 1. The zero-order valence-electron chi connectivity index (χ0n) is 22.5. The Hall–Kier alpha value is -3.21. The summed E-state index contributed by atoms with van der Waals surface area (Å²) in [5.41, 5.74) is 1.64. The van der Waals surface area contributed by atoms with Crippen molar-refractivity contribution in [1.29, 1.82) is 0 Å². The van der Waals surface area contributed by atoms with E-state index in [1.165, 1.54) is 0 Å². The minimum atomic E-state index is -1.47. The molecule has 1 fully saturated rings. The summed E-state index contributed by atoms with van der Waals surface area (Å²) in [4.78, 5) is 18.4. The van der Waals surface area contributed by atoms with Gasteiger partial charge < -0.3 is 25.0 Å². The summed E-state index contributed by atoms with van der Waals surface area (Å²) in [6, 6.07) is 7.37. The molecule has 216 valence electrons. The fourth-order valence-corrected chi connectivity index (χ4v) is 5.81. The number of hydrogen-bond acceptors (Lipinski definition) is 6. The molecule has 1 aromatic heterocycles. The first-order valence-electron chi connectivity index (χ1n) is 13.5. The van der Waals surface area contributed by atoms with Crippen LogP contribution < -0.4 is 4.74 Å². The van der Waals surface area contributed by atoms with E-state index in [9.17, 15) is 33.3 Å². The SMILES string of the molecule is COc1ccc2ncc(CO)c(C(O)CCC3(CC(=O)O)CCN(CCCc4cc(F)c(F)c(F)c4)CC3)c2c1. The number of aliphatic hydroxyl groups excluding tert-OH is 2. The molecule has 0 radical (unpaired) electrons. The Morgan fingerprint density at radius 1 is 1.15 bits per heavy atom. The molecule has 0 bridgehead atoms. The summed E-state index contributed by atoms with van der Waals surface area (Å²) in [6.07, 6.45) is 3.69. The maximum atomic E-state index is 13.5. The van der Waals surface area contributed by atoms with Gasteiger partial charge in [0.15, 0.2) is 17.5 Å². The van der Waals surface area contributed by atoms with Crippen LogP contribution in [0.2, 0.25) is 0 Å². The van der Waals surface area contributed by atoms with Crippen LogP contribution in [-0.2, 0) is 17.8 Å². The second-order valence-electron chi connectivity index (χ2n) is 10.7. The Morgan fingerprint density at radius 3 is 2.48 bits per heavy atom. The van der Waals surface area contributed by atoms with Crippen molar-refractivity contribution in [2.24, 2.45) is 5.41 Å². The van der Waals surface area contributed by atoms with Crippen molar-refractivity contribution in [2.45, 2.75) is 57.7 Å². The van der Waals surface area contributed by atoms with E-state index in [2.05, 4.69) is 9.88 Å². The fourth-order valence-electron chi connectivity index (χ4n) is 5.81. The molecule has 0 spiro atoms. The number of hydrogen-bond donors (Lipinski definition) is 3. The highest BCUT2D eigenvalue weighted by molar-refractivity contribution is 5.85. The largest absolute Gasteiger partial charge is 0.497 e. The summed E-state index contributed by atoms with van der Waals surface area (Å²) in [7, 11) is 1.55. The molecular formula is C30H35F3N2O5. The molecule has 2 heterocycles. The van der Waals surface area contributed by atoms with E-state index in [-0.39, 0.29) is 13.0 Å². The lowest BCUT2D eigenvalue weighted by molar-refractivity contribution is -0.141. The molecule has 40 heavy (non-hydrogen) atoms. The molecule has 10 heteroatoms. The lowest BCUT2D eigenvalue weighted by atomic mass is 9.71. The van der Waals surface area contributed by atoms with Crippen LogP contribution in [0.5, 0.6) is 5.75 Å². The molecule has 1 aliphatic heterocycles. The second-order valence-corrected chi connectivity index (χ2v) is 10.7. The van der Waals surface area contributed by atoms with E-state index in [1.54, 1.807) is 31.5 Å². The molecule has 0 amide bonds. The highest BCUT2D eigenvalue weighted by atomic mass is 19.2. The molecule has 0 saturated carbocycles. The molecule has 1 aliphatic rings. The van der Waals surface area contributed by atoms with E-state index in [0.29, 0.717) is 91.5 Å². The third-order valence-electron chi connectivity index (χ3n) is 8.08. The third-order valence-corrected chi connectivity index (χ3v) is 8.08. The van der Waals surface area contributed by atoms with Crippen LogP contribution >= 0.6 is 0 Å². The average molecular weight is 561 g/mol. The number of pyridine rings is 1. The molecule has 4 rings (SSSR count). The first-order chi connectivity index (χ1) is 19.1. The molecule has 2 aromatic carbocycles. The highest BCUT2D eigenvalue weighted by Gasteiger charge is 2.37. The summed E-state index contributed by atoms with van der Waals surface area (Å²) in [6.45, 7) is 1.69. The lowest BCUT2D eigenvalue weighted by Crippen LogP contribution is -2.41. The Morgan fingerprint density at radius 2 is 1.85 bits per heavy atom. The number of likely N-dealkylation sites (tertiary alicyclic amines) is 1. The van der Waals surface area contributed by atoms with Crippen LogP contribution in [-0.4, -0.2) is 57.9 Å². The first kappa shape index (κ1) is 29.8. The van der Waals surface area contributed by atoms with Crippen molar-refractivity contribution >= 4 is 16.9 Å². The summed E-state index contributed by atoms with van der Waals surface area (Å²) in [5, 5.41) is 31.6. The second kappa shape index (κ2) is 13.0. The number of aliphatic carboxylic acids is 1. The number of nitrogens with zero attached hydrogens (tertiary/aromatic N) is 2. The van der Waals surface area contributed by atoms with Gasteiger partial charge in [-0.2, -0.15) is 0 Å². The maximum Gasteiger partial charge on any atom is 0.303 e. The van der Waals surface area contributed by atoms with Gasteiger partial charge in [0, 0.05) is 17.1 Å². The summed E-state index contributed by atoms with van der Waals surface area (Å²) in [5.74, 6) is -4.15. The van der Waals surface area contributed by atoms with Gasteiger partial charge >= 0.3 is 5.97 Å². The number of rotatable bonds is 12. The van der Waals surface area contributed by atoms with Crippen LogP contribution in [0.3, 0.4) is 0 Å². The van der Waals surface area contributed by atoms with Gasteiger partial charge in [-0.25, -0.2) is 13.2 Å². The van der Waals surface area contributed by atoms with Gasteiger partial charge in [-0.05, 0) is 105 Å². The number of carboxylic acids is 1. The van der Waals surface area contributed by atoms with Gasteiger partial charge in [0.1, 0.15) is 5.75 Å². The van der Waals surface area contributed by atoms with Crippen molar-refractivity contribution in [1.82, 2.24) is 9.88 Å². The van der Waals surface area contributed by atoms with Gasteiger partial charge in [0.2, 0.25) is 0 Å². The number of benzene rings is 2. The summed E-state index contributed by atoms with van der Waals surface area (Å²) < 4.78 is 45.5. The minimum absolute atomic E-state index is 0.0144. The van der Waals surface area contributed by atoms with Gasteiger partial charge in [0.05, 0.1) is 31.8 Å². The number of halogens is 3. The van der Waals surface area contributed by atoms with Crippen LogP contribution in [0.25, 0.3) is 10.9 Å². The Labute approximate surface area is 231 Å². The average Bonchev–Trinajstić information content (AvgIpc) is 2.94. The van der Waals surface area contributed by atoms with Gasteiger partial charge in [0.25, 0.3) is 0 Å². The molecule has 7 nitrogen and oxygen atoms in total. The quantitative estimate of drug-likeness (QED) is 0.263. The van der Waals surface area contributed by atoms with Crippen LogP contribution in [0.1, 0.15) is 61.3 Å². The number of aliphatic hydroxyl groups is 2. The normalized spacial score (nSPS) is 16.2. The zero-order valence-corrected chi connectivity index (χ0v) is 22.5. The molecule has 3 N–H and O–H groups in total. The number of carboxylic acid groups (broad SMARTS) is 1. The maximum absolute atomic E-state index is 13.5. The van der Waals surface area contributed by atoms with Gasteiger partial charge in [-0.1, -0.05) is 0 Å². The zero-order chi connectivity index (χ0) is 28.9. The number of aryl methyl sites for hydroxylation is 1. The number of fused-ring (bicyclic) bond motifs is 1. The number of piperidine rings is 1. The van der Waals surface area contributed by atoms with E-state index >= 15 is 0 Å². The van der Waals surface area contributed by atoms with Crippen molar-refractivity contribution in [2.75, 3.05) is 26.7 Å². The third kappa shape index (κ3) is 6.92. The Bertz CT molecular complexity index is 1320. The lowest BCUT2D eigenvalue weighted by Gasteiger charge is -2.41. The topological polar surface area (TPSA) is 103 Å². The number of ether oxygens (including phenoxy) is 1. The predicted molar refractivity (Wildman–Crippen MR) is 143 cm³/mol. The van der Waals surface area contributed by atoms with Crippen molar-refractivity contribution in [3.8, 4) is 5.75 Å². The monoisotopic (exact) mass is 560 g/mol. The summed E-state index contributed by atoms with van der Waals surface area (Å²) >= 11 is 0. The molecule has 0 aliphatic carbocycles. The Kier molecular flexibility index (Phi) is 9.65. The van der Waals surface area contributed by atoms with Crippen molar-refractivity contribution < 1.29 is 38.0 Å². The molecule has 1 saturated heterocycles. The first-order valence-corrected chi connectivity index (χ1v) is 13.5. The van der Waals surface area contributed by atoms with E-state index in [1.807, 2.05) is 0 Å². The van der Waals surface area contributed by atoms with Gasteiger partial charge in [-0.3, -0.25) is 9.78 Å². The number of methoxy groups -OCH3 is 1. The van der Waals surface area contributed by atoms with E-state index in [4.69, 9.17) is 4.74 Å². The smallest absolute Gasteiger partial charge is 0.303 e. The minimum Gasteiger partial charge on any atom is -0.497 e. The predicted octanol–water partition coefficient (Wildman–Crippen LogP) is 5.16. The van der Waals surface area contributed by atoms with Crippen LogP contribution in [0, 0.1) is 22.9 Å². The molecule has 1 atom stereocenters. The van der Waals surface area contributed by atoms with E-state index < -0.39 is 34.9 Å². The molecular weight excluding hydrogens is 525 g/mol. The molecule has 3 aromatic rings. The van der Waals surface area contributed by atoms with Crippen LogP contribution in [0.15, 0.2) is 36.5 Å². The highest BCUT2D eigenvalue weighted by Crippen LogP contribution is 2.42.